The Morgan fingerprint density at radius 1 is 1.50 bits per heavy atom. The number of hydrogen-bond donors (Lipinski definition) is 2. The number of nitrogens with zero attached hydrogens (tertiary/aromatic N) is 2. The largest absolute Gasteiger partial charge is 0.467 e. The number of aromatic amines is 1. The smallest absolute Gasteiger partial charge is 0.316 e. The van der Waals surface area contributed by atoms with Crippen molar-refractivity contribution in [2.45, 2.75) is 0 Å². The van der Waals surface area contributed by atoms with Crippen molar-refractivity contribution >= 4 is 5.91 Å². The Morgan fingerprint density at radius 3 is 2.94 bits per heavy atom. The van der Waals surface area contributed by atoms with Crippen LogP contribution < -0.4 is 16.0 Å². The van der Waals surface area contributed by atoms with Gasteiger partial charge >= 0.3 is 6.01 Å². The molecule has 0 saturated carbocycles. The minimum atomic E-state index is -0.792. The van der Waals surface area contributed by atoms with Crippen LogP contribution >= 0.6 is 0 Å². The van der Waals surface area contributed by atoms with Crippen molar-refractivity contribution in [2.24, 2.45) is 5.73 Å². The molecule has 0 bridgehead atoms. The molecular weight excluding hydrogens is 236 g/mol. The molecule has 2 aromatic heterocycles. The van der Waals surface area contributed by atoms with Crippen molar-refractivity contribution in [1.29, 1.82) is 0 Å². The van der Waals surface area contributed by atoms with Crippen LogP contribution in [0, 0.1) is 0 Å². The van der Waals surface area contributed by atoms with Gasteiger partial charge in [0.2, 0.25) is 0 Å². The molecule has 0 aromatic carbocycles. The molecule has 92 valence electrons. The highest BCUT2D eigenvalue weighted by Crippen LogP contribution is 2.16. The van der Waals surface area contributed by atoms with Crippen LogP contribution in [0.3, 0.4) is 0 Å². The third kappa shape index (κ3) is 2.19. The maximum absolute atomic E-state index is 11.4. The van der Waals surface area contributed by atoms with Crippen molar-refractivity contribution in [3.05, 3.63) is 40.4 Å². The number of nitrogens with two attached hydrogens (primary N) is 1. The van der Waals surface area contributed by atoms with Crippen molar-refractivity contribution in [1.82, 2.24) is 15.0 Å². The van der Waals surface area contributed by atoms with E-state index in [1.165, 1.54) is 25.6 Å². The number of carbonyl (C=O) groups is 1. The summed E-state index contributed by atoms with van der Waals surface area (Å²) in [6.07, 6.45) is 2.95. The maximum Gasteiger partial charge on any atom is 0.316 e. The van der Waals surface area contributed by atoms with Crippen LogP contribution in [-0.2, 0) is 0 Å². The van der Waals surface area contributed by atoms with Gasteiger partial charge in [0.15, 0.2) is 0 Å². The van der Waals surface area contributed by atoms with Crippen molar-refractivity contribution in [2.75, 3.05) is 7.11 Å². The van der Waals surface area contributed by atoms with Gasteiger partial charge in [-0.25, -0.2) is 4.98 Å². The number of H-pyrrole nitrogens is 1. The van der Waals surface area contributed by atoms with Gasteiger partial charge in [0.1, 0.15) is 5.56 Å². The highest BCUT2D eigenvalue weighted by atomic mass is 16.5. The zero-order valence-corrected chi connectivity index (χ0v) is 9.51. The van der Waals surface area contributed by atoms with Crippen LogP contribution in [0.15, 0.2) is 29.3 Å². The van der Waals surface area contributed by atoms with Crippen molar-refractivity contribution in [3.63, 3.8) is 0 Å². The zero-order valence-electron chi connectivity index (χ0n) is 9.51. The zero-order chi connectivity index (χ0) is 13.1. The molecular formula is C11H10N4O3. The average Bonchev–Trinajstić information content (AvgIpc) is 2.39. The number of methoxy groups -OCH3 is 1. The molecule has 0 unspecified atom stereocenters. The SMILES string of the molecule is COc1nccc(-c2c[nH]c(=O)c(C(N)=O)c2)n1. The lowest BCUT2D eigenvalue weighted by Gasteiger charge is -2.03. The molecule has 0 saturated heterocycles. The Balaban J connectivity index is 2.54. The number of hydrogen-bond acceptors (Lipinski definition) is 5. The Bertz CT molecular complexity index is 651. The highest BCUT2D eigenvalue weighted by molar-refractivity contribution is 5.93. The van der Waals surface area contributed by atoms with Gasteiger partial charge in [0.05, 0.1) is 12.8 Å². The minimum absolute atomic E-state index is 0.120. The molecule has 3 N–H and O–H groups in total. The van der Waals surface area contributed by atoms with Gasteiger partial charge in [-0.15, -0.1) is 0 Å². The monoisotopic (exact) mass is 246 g/mol. The molecule has 2 aromatic rings. The average molecular weight is 246 g/mol. The fourth-order valence-electron chi connectivity index (χ4n) is 1.41. The van der Waals surface area contributed by atoms with E-state index in [1.807, 2.05) is 0 Å². The Labute approximate surface area is 102 Å². The summed E-state index contributed by atoms with van der Waals surface area (Å²) >= 11 is 0. The van der Waals surface area contributed by atoms with E-state index >= 15 is 0 Å². The van der Waals surface area contributed by atoms with E-state index in [1.54, 1.807) is 6.07 Å². The second-order valence-electron chi connectivity index (χ2n) is 3.42. The molecule has 0 aliphatic carbocycles. The fraction of sp³-hybridized carbons (Fsp3) is 0.0909. The summed E-state index contributed by atoms with van der Waals surface area (Å²) in [5.74, 6) is -0.792. The van der Waals surface area contributed by atoms with Gasteiger partial charge in [0.25, 0.3) is 11.5 Å². The Kier molecular flexibility index (Phi) is 3.05. The molecule has 18 heavy (non-hydrogen) atoms. The summed E-state index contributed by atoms with van der Waals surface area (Å²) in [5, 5.41) is 0. The topological polar surface area (TPSA) is 111 Å². The molecule has 0 radical (unpaired) electrons. The first-order valence-electron chi connectivity index (χ1n) is 5.02. The third-order valence-electron chi connectivity index (χ3n) is 2.28. The minimum Gasteiger partial charge on any atom is -0.467 e. The number of nitrogens with one attached hydrogen (secondary N) is 1. The molecule has 0 aliphatic rings. The first-order valence-corrected chi connectivity index (χ1v) is 5.02. The van der Waals surface area contributed by atoms with Crippen molar-refractivity contribution in [3.8, 4) is 17.3 Å². The molecule has 0 aliphatic heterocycles. The van der Waals surface area contributed by atoms with E-state index in [4.69, 9.17) is 10.5 Å². The fourth-order valence-corrected chi connectivity index (χ4v) is 1.41. The van der Waals surface area contributed by atoms with Gasteiger partial charge < -0.3 is 15.5 Å². The second kappa shape index (κ2) is 4.66. The number of amides is 1. The number of primary amides is 1. The molecule has 1 amide bonds. The maximum atomic E-state index is 11.4. The van der Waals surface area contributed by atoms with E-state index in [-0.39, 0.29) is 11.6 Å². The van der Waals surface area contributed by atoms with Crippen LogP contribution in [0.25, 0.3) is 11.3 Å². The van der Waals surface area contributed by atoms with Crippen LogP contribution in [0.1, 0.15) is 10.4 Å². The summed E-state index contributed by atoms with van der Waals surface area (Å²) in [7, 11) is 1.45. The van der Waals surface area contributed by atoms with Crippen LogP contribution in [0.2, 0.25) is 0 Å². The van der Waals surface area contributed by atoms with E-state index < -0.39 is 11.5 Å². The predicted molar refractivity (Wildman–Crippen MR) is 63.2 cm³/mol. The third-order valence-corrected chi connectivity index (χ3v) is 2.28. The summed E-state index contributed by atoms with van der Waals surface area (Å²) < 4.78 is 4.89. The van der Waals surface area contributed by atoms with Gasteiger partial charge in [0, 0.05) is 18.0 Å². The van der Waals surface area contributed by atoms with Crippen LogP contribution in [-0.4, -0.2) is 28.0 Å². The summed E-state index contributed by atoms with van der Waals surface area (Å²) in [4.78, 5) is 32.8. The summed E-state index contributed by atoms with van der Waals surface area (Å²) in [5.41, 5.74) is 5.51. The molecule has 0 fully saturated rings. The second-order valence-corrected chi connectivity index (χ2v) is 3.42. The van der Waals surface area contributed by atoms with E-state index in [0.717, 1.165) is 0 Å². The molecule has 2 rings (SSSR count). The van der Waals surface area contributed by atoms with Crippen LogP contribution in [0.5, 0.6) is 6.01 Å². The van der Waals surface area contributed by atoms with E-state index in [9.17, 15) is 9.59 Å². The number of ether oxygens (including phenoxy) is 1. The lowest BCUT2D eigenvalue weighted by atomic mass is 10.1. The standard InChI is InChI=1S/C11H10N4O3/c1-18-11-13-3-2-8(15-11)6-4-7(9(12)16)10(17)14-5-6/h2-5H,1H3,(H2,12,16)(H,14,17). The first-order chi connectivity index (χ1) is 8.61. The normalized spacial score (nSPS) is 10.1. The molecule has 0 spiro atoms. The molecule has 0 atom stereocenters. The van der Waals surface area contributed by atoms with E-state index in [2.05, 4.69) is 15.0 Å². The summed E-state index contributed by atoms with van der Waals surface area (Å²) in [6, 6.07) is 3.20. The lowest BCUT2D eigenvalue weighted by molar-refractivity contribution is 0.0999. The van der Waals surface area contributed by atoms with E-state index in [0.29, 0.717) is 11.3 Å². The summed E-state index contributed by atoms with van der Waals surface area (Å²) in [6.45, 7) is 0. The quantitative estimate of drug-likeness (QED) is 0.788. The van der Waals surface area contributed by atoms with Crippen molar-refractivity contribution < 1.29 is 9.53 Å². The van der Waals surface area contributed by atoms with Gasteiger partial charge in [-0.2, -0.15) is 4.98 Å². The molecule has 2 heterocycles. The van der Waals surface area contributed by atoms with Gasteiger partial charge in [-0.3, -0.25) is 9.59 Å². The van der Waals surface area contributed by atoms with Gasteiger partial charge in [-0.1, -0.05) is 0 Å². The lowest BCUT2D eigenvalue weighted by Crippen LogP contribution is -2.23. The number of rotatable bonds is 3. The van der Waals surface area contributed by atoms with Gasteiger partial charge in [-0.05, 0) is 12.1 Å². The molecule has 7 nitrogen and oxygen atoms in total. The Hall–Kier alpha value is -2.70. The number of pyridine rings is 1. The first kappa shape index (κ1) is 11.8. The highest BCUT2D eigenvalue weighted by Gasteiger charge is 2.10. The van der Waals surface area contributed by atoms with Crippen LogP contribution in [0.4, 0.5) is 0 Å². The number of aromatic nitrogens is 3. The predicted octanol–water partition coefficient (Wildman–Crippen LogP) is -0.0606. The Morgan fingerprint density at radius 2 is 2.28 bits per heavy atom. The molecule has 7 heteroatoms. The number of carbonyl (C=O) groups excluding carboxylic acids is 1.